The van der Waals surface area contributed by atoms with Gasteiger partial charge in [-0.2, -0.15) is 0 Å². The molecule has 0 aliphatic carbocycles. The molecule has 0 unspecified atom stereocenters. The van der Waals surface area contributed by atoms with E-state index in [1.807, 2.05) is 6.92 Å². The highest BCUT2D eigenvalue weighted by Crippen LogP contribution is 2.37. The lowest BCUT2D eigenvalue weighted by molar-refractivity contribution is -0.0330. The van der Waals surface area contributed by atoms with E-state index in [2.05, 4.69) is 24.8 Å². The smallest absolute Gasteiger partial charge is 0.0811 e. The van der Waals surface area contributed by atoms with E-state index in [0.717, 1.165) is 13.0 Å². The fraction of sp³-hybridized carbons (Fsp3) is 0.875. The van der Waals surface area contributed by atoms with Crippen molar-refractivity contribution in [2.45, 2.75) is 70.9 Å². The highest BCUT2D eigenvalue weighted by molar-refractivity contribution is 5.17. The first-order chi connectivity index (χ1) is 8.53. The van der Waals surface area contributed by atoms with E-state index in [9.17, 15) is 5.11 Å². The first kappa shape index (κ1) is 14.1. The minimum Gasteiger partial charge on any atom is -0.388 e. The number of rotatable bonds is 4. The van der Waals surface area contributed by atoms with Crippen LogP contribution in [-0.2, 0) is 0 Å². The Kier molecular flexibility index (Phi) is 4.50. The molecule has 0 aromatic rings. The largest absolute Gasteiger partial charge is 0.388 e. The van der Waals surface area contributed by atoms with E-state index in [0.29, 0.717) is 12.0 Å². The van der Waals surface area contributed by atoms with Crippen LogP contribution in [-0.4, -0.2) is 34.7 Å². The number of fused-ring (bicyclic) bond motifs is 1. The molecule has 2 fully saturated rings. The quantitative estimate of drug-likeness (QED) is 0.775. The Morgan fingerprint density at radius 3 is 3.06 bits per heavy atom. The van der Waals surface area contributed by atoms with Crippen molar-refractivity contribution in [1.82, 2.24) is 4.90 Å². The first-order valence-electron chi connectivity index (χ1n) is 7.69. The minimum absolute atomic E-state index is 0.403. The van der Waals surface area contributed by atoms with Crippen molar-refractivity contribution in [1.29, 1.82) is 0 Å². The van der Waals surface area contributed by atoms with Crippen LogP contribution in [0.3, 0.4) is 0 Å². The van der Waals surface area contributed by atoms with Crippen LogP contribution in [0, 0.1) is 5.92 Å². The van der Waals surface area contributed by atoms with Gasteiger partial charge in [0.2, 0.25) is 0 Å². The van der Waals surface area contributed by atoms with Crippen molar-refractivity contribution in [3.8, 4) is 0 Å². The summed E-state index contributed by atoms with van der Waals surface area (Å²) in [4.78, 5) is 2.49. The van der Waals surface area contributed by atoms with Gasteiger partial charge in [-0.3, -0.25) is 4.90 Å². The zero-order chi connectivity index (χ0) is 13.2. The van der Waals surface area contributed by atoms with Gasteiger partial charge in [-0.1, -0.05) is 38.3 Å². The molecule has 2 heterocycles. The molecule has 0 spiro atoms. The zero-order valence-corrected chi connectivity index (χ0v) is 12.3. The third kappa shape index (κ3) is 3.16. The van der Waals surface area contributed by atoms with Crippen molar-refractivity contribution in [2.24, 2.45) is 5.92 Å². The van der Waals surface area contributed by atoms with Crippen molar-refractivity contribution in [2.75, 3.05) is 13.1 Å². The van der Waals surface area contributed by atoms with Gasteiger partial charge in [0, 0.05) is 12.6 Å². The third-order valence-electron chi connectivity index (χ3n) is 4.61. The Hall–Kier alpha value is -0.340. The Morgan fingerprint density at radius 1 is 1.56 bits per heavy atom. The fourth-order valence-corrected chi connectivity index (χ4v) is 3.74. The van der Waals surface area contributed by atoms with E-state index in [4.69, 9.17) is 0 Å². The Balaban J connectivity index is 2.00. The Bertz CT molecular complexity index is 308. The minimum atomic E-state index is -0.509. The molecule has 2 aliphatic rings. The lowest BCUT2D eigenvalue weighted by Gasteiger charge is -2.43. The standard InChI is InChI=1S/C16H29NO/c1-4-5-7-13(2)10-14-11-16(3,18)15-8-6-9-17(15)12-14/h10,13,15,18H,4-9,11-12H2,1-3H3/b14-10-/t13-,15-,16-/m0/s1. The van der Waals surface area contributed by atoms with Gasteiger partial charge in [-0.15, -0.1) is 0 Å². The molecule has 0 amide bonds. The lowest BCUT2D eigenvalue weighted by atomic mass is 9.82. The number of aliphatic hydroxyl groups is 1. The second kappa shape index (κ2) is 5.75. The molecule has 0 aromatic heterocycles. The number of piperidine rings is 1. The number of unbranched alkanes of at least 4 members (excludes halogenated alkanes) is 1. The zero-order valence-electron chi connectivity index (χ0n) is 12.3. The van der Waals surface area contributed by atoms with Crippen LogP contribution in [0.4, 0.5) is 0 Å². The summed E-state index contributed by atoms with van der Waals surface area (Å²) in [6, 6.07) is 0.403. The average molecular weight is 251 g/mol. The van der Waals surface area contributed by atoms with Gasteiger partial charge in [0.25, 0.3) is 0 Å². The summed E-state index contributed by atoms with van der Waals surface area (Å²) >= 11 is 0. The van der Waals surface area contributed by atoms with Gasteiger partial charge in [-0.25, -0.2) is 0 Å². The molecule has 3 atom stereocenters. The number of allylic oxidation sites excluding steroid dienone is 1. The first-order valence-corrected chi connectivity index (χ1v) is 7.69. The van der Waals surface area contributed by atoms with Crippen molar-refractivity contribution in [3.63, 3.8) is 0 Å². The molecular formula is C16H29NO. The van der Waals surface area contributed by atoms with Crippen molar-refractivity contribution < 1.29 is 5.11 Å². The predicted octanol–water partition coefficient (Wildman–Crippen LogP) is 3.36. The summed E-state index contributed by atoms with van der Waals surface area (Å²) in [7, 11) is 0. The second-order valence-corrected chi connectivity index (χ2v) is 6.61. The maximum Gasteiger partial charge on any atom is 0.0811 e. The molecule has 2 rings (SSSR count). The van der Waals surface area contributed by atoms with Gasteiger partial charge in [0.05, 0.1) is 5.60 Å². The Labute approximate surface area is 112 Å². The SMILES string of the molecule is CCCC[C@H](C)/C=C1\CN2CCC[C@H]2[C@@](C)(O)C1. The molecule has 0 aromatic carbocycles. The summed E-state index contributed by atoms with van der Waals surface area (Å²) in [6.07, 6.45) is 9.60. The van der Waals surface area contributed by atoms with Crippen molar-refractivity contribution in [3.05, 3.63) is 11.6 Å². The number of hydrogen-bond donors (Lipinski definition) is 1. The van der Waals surface area contributed by atoms with Gasteiger partial charge >= 0.3 is 0 Å². The molecule has 2 heteroatoms. The fourth-order valence-electron chi connectivity index (χ4n) is 3.74. The van der Waals surface area contributed by atoms with Crippen LogP contribution in [0.5, 0.6) is 0 Å². The second-order valence-electron chi connectivity index (χ2n) is 6.61. The van der Waals surface area contributed by atoms with E-state index < -0.39 is 5.60 Å². The number of hydrogen-bond acceptors (Lipinski definition) is 2. The highest BCUT2D eigenvalue weighted by Gasteiger charge is 2.43. The maximum atomic E-state index is 10.6. The molecule has 0 saturated carbocycles. The molecule has 2 saturated heterocycles. The maximum absolute atomic E-state index is 10.6. The molecule has 0 radical (unpaired) electrons. The molecule has 2 nitrogen and oxygen atoms in total. The van der Waals surface area contributed by atoms with E-state index in [1.54, 1.807) is 0 Å². The monoisotopic (exact) mass is 251 g/mol. The van der Waals surface area contributed by atoms with Gasteiger partial charge in [0.15, 0.2) is 0 Å². The van der Waals surface area contributed by atoms with Crippen LogP contribution >= 0.6 is 0 Å². The molecule has 1 N–H and O–H groups in total. The Morgan fingerprint density at radius 2 is 2.33 bits per heavy atom. The molecule has 104 valence electrons. The van der Waals surface area contributed by atoms with Gasteiger partial charge in [-0.05, 0) is 45.1 Å². The normalized spacial score (nSPS) is 36.9. The van der Waals surface area contributed by atoms with Crippen LogP contribution < -0.4 is 0 Å². The summed E-state index contributed by atoms with van der Waals surface area (Å²) in [5.41, 5.74) is 0.951. The molecule has 2 aliphatic heterocycles. The number of nitrogens with zero attached hydrogens (tertiary/aromatic N) is 1. The van der Waals surface area contributed by atoms with E-state index in [-0.39, 0.29) is 0 Å². The van der Waals surface area contributed by atoms with E-state index in [1.165, 1.54) is 44.2 Å². The summed E-state index contributed by atoms with van der Waals surface area (Å²) in [5, 5.41) is 10.6. The van der Waals surface area contributed by atoms with E-state index >= 15 is 0 Å². The molecular weight excluding hydrogens is 222 g/mol. The van der Waals surface area contributed by atoms with Gasteiger partial charge in [0.1, 0.15) is 0 Å². The van der Waals surface area contributed by atoms with Crippen LogP contribution in [0.15, 0.2) is 11.6 Å². The molecule has 0 bridgehead atoms. The summed E-state index contributed by atoms with van der Waals surface area (Å²) < 4.78 is 0. The van der Waals surface area contributed by atoms with Crippen molar-refractivity contribution >= 4 is 0 Å². The topological polar surface area (TPSA) is 23.5 Å². The third-order valence-corrected chi connectivity index (χ3v) is 4.61. The lowest BCUT2D eigenvalue weighted by Crippen LogP contribution is -2.52. The molecule has 18 heavy (non-hydrogen) atoms. The predicted molar refractivity (Wildman–Crippen MR) is 76.6 cm³/mol. The summed E-state index contributed by atoms with van der Waals surface area (Å²) in [6.45, 7) is 8.85. The highest BCUT2D eigenvalue weighted by atomic mass is 16.3. The van der Waals surface area contributed by atoms with Crippen LogP contribution in [0.25, 0.3) is 0 Å². The van der Waals surface area contributed by atoms with Gasteiger partial charge < -0.3 is 5.11 Å². The van der Waals surface area contributed by atoms with Crippen LogP contribution in [0.1, 0.15) is 59.3 Å². The van der Waals surface area contributed by atoms with Crippen LogP contribution in [0.2, 0.25) is 0 Å². The average Bonchev–Trinajstić information content (AvgIpc) is 2.74. The summed E-state index contributed by atoms with van der Waals surface area (Å²) in [5.74, 6) is 0.662.